The van der Waals surface area contributed by atoms with Crippen LogP contribution >= 0.6 is 11.3 Å². The third-order valence-electron chi connectivity index (χ3n) is 6.91. The monoisotopic (exact) mass is 611 g/mol. The minimum Gasteiger partial charge on any atom is -0.478 e. The smallest absolute Gasteiger partial charge is 0.335 e. The first-order valence-electron chi connectivity index (χ1n) is 13.2. The summed E-state index contributed by atoms with van der Waals surface area (Å²) in [6.07, 6.45) is 1.62. The first-order chi connectivity index (χ1) is 21.3. The molecule has 3 aromatic heterocycles. The average molecular weight is 612 g/mol. The summed E-state index contributed by atoms with van der Waals surface area (Å²) in [6.45, 7) is 0.144. The van der Waals surface area contributed by atoms with E-state index in [2.05, 4.69) is 15.0 Å². The van der Waals surface area contributed by atoms with Crippen molar-refractivity contribution < 1.29 is 27.8 Å². The Labute approximate surface area is 252 Å². The maximum Gasteiger partial charge on any atom is 0.335 e. The molecular formula is C32H20F3N5O3S. The number of pyridine rings is 1. The third kappa shape index (κ3) is 5.86. The number of ether oxygens (including phenoxy) is 1. The largest absolute Gasteiger partial charge is 0.478 e. The van der Waals surface area contributed by atoms with Crippen LogP contribution in [0.1, 0.15) is 37.7 Å². The number of aromatic carboxylic acids is 1. The van der Waals surface area contributed by atoms with Crippen molar-refractivity contribution in [1.29, 1.82) is 5.26 Å². The number of thiazole rings is 1. The van der Waals surface area contributed by atoms with Crippen molar-refractivity contribution in [1.82, 2.24) is 19.5 Å². The van der Waals surface area contributed by atoms with Crippen molar-refractivity contribution in [3.8, 4) is 23.2 Å². The van der Waals surface area contributed by atoms with Crippen LogP contribution in [0.15, 0.2) is 78.4 Å². The Morgan fingerprint density at radius 3 is 2.57 bits per heavy atom. The number of nitriles is 1. The van der Waals surface area contributed by atoms with E-state index in [0.717, 1.165) is 23.1 Å². The van der Waals surface area contributed by atoms with E-state index in [1.54, 1.807) is 28.4 Å². The van der Waals surface area contributed by atoms with Crippen LogP contribution in [0.2, 0.25) is 0 Å². The molecule has 8 nitrogen and oxygen atoms in total. The van der Waals surface area contributed by atoms with E-state index in [1.165, 1.54) is 47.7 Å². The number of carbonyl (C=O) groups is 1. The topological polar surface area (TPSA) is 114 Å². The number of hydrogen-bond donors (Lipinski definition) is 1. The van der Waals surface area contributed by atoms with Crippen LogP contribution in [0.25, 0.3) is 22.3 Å². The molecule has 0 spiro atoms. The number of halogens is 3. The van der Waals surface area contributed by atoms with E-state index >= 15 is 8.78 Å². The molecule has 0 aliphatic rings. The Balaban J connectivity index is 1.28. The summed E-state index contributed by atoms with van der Waals surface area (Å²) in [5, 5.41) is 18.4. The van der Waals surface area contributed by atoms with Crippen LogP contribution in [-0.2, 0) is 19.6 Å². The molecule has 3 heterocycles. The predicted octanol–water partition coefficient (Wildman–Crippen LogP) is 6.76. The molecule has 1 N–H and O–H groups in total. The van der Waals surface area contributed by atoms with Crippen LogP contribution in [-0.4, -0.2) is 30.6 Å². The van der Waals surface area contributed by atoms with Crippen molar-refractivity contribution in [2.45, 2.75) is 19.6 Å². The summed E-state index contributed by atoms with van der Waals surface area (Å²) in [4.78, 5) is 25.4. The van der Waals surface area contributed by atoms with E-state index in [9.17, 15) is 14.3 Å². The average Bonchev–Trinajstić information content (AvgIpc) is 3.66. The van der Waals surface area contributed by atoms with E-state index < -0.39 is 23.4 Å². The molecule has 0 atom stereocenters. The maximum absolute atomic E-state index is 15.5. The fraction of sp³-hybridized carbons (Fsp3) is 0.0938. The Bertz CT molecular complexity index is 2070. The summed E-state index contributed by atoms with van der Waals surface area (Å²) in [6, 6.07) is 17.1. The molecule has 0 bridgehead atoms. The molecule has 0 fully saturated rings. The molecule has 12 heteroatoms. The van der Waals surface area contributed by atoms with Gasteiger partial charge in [-0.25, -0.2) is 27.9 Å². The van der Waals surface area contributed by atoms with Crippen molar-refractivity contribution in [3.63, 3.8) is 0 Å². The molecule has 44 heavy (non-hydrogen) atoms. The first kappa shape index (κ1) is 28.6. The second-order valence-corrected chi connectivity index (χ2v) is 10.7. The highest BCUT2D eigenvalue weighted by molar-refractivity contribution is 7.09. The van der Waals surface area contributed by atoms with Crippen molar-refractivity contribution in [3.05, 3.63) is 129 Å². The summed E-state index contributed by atoms with van der Waals surface area (Å²) >= 11 is 1.41. The van der Waals surface area contributed by atoms with Crippen LogP contribution < -0.4 is 4.74 Å². The van der Waals surface area contributed by atoms with Gasteiger partial charge in [-0.05, 0) is 54.1 Å². The zero-order valence-electron chi connectivity index (χ0n) is 22.7. The van der Waals surface area contributed by atoms with Gasteiger partial charge in [0.2, 0.25) is 5.88 Å². The van der Waals surface area contributed by atoms with Crippen LogP contribution in [0.5, 0.6) is 5.88 Å². The molecule has 0 aliphatic heterocycles. The van der Waals surface area contributed by atoms with Gasteiger partial charge in [0, 0.05) is 34.7 Å². The summed E-state index contributed by atoms with van der Waals surface area (Å²) in [5.41, 5.74) is 3.28. The number of imidazole rings is 1. The van der Waals surface area contributed by atoms with Crippen molar-refractivity contribution in [2.75, 3.05) is 0 Å². The van der Waals surface area contributed by atoms with E-state index in [-0.39, 0.29) is 52.4 Å². The highest BCUT2D eigenvalue weighted by atomic mass is 32.1. The van der Waals surface area contributed by atoms with Gasteiger partial charge in [0.15, 0.2) is 0 Å². The highest BCUT2D eigenvalue weighted by Gasteiger charge is 2.19. The lowest BCUT2D eigenvalue weighted by molar-refractivity contribution is 0.0697. The standard InChI is InChI=1S/C32H20F3N5O3S/c33-24-8-18(13-36)4-5-20(24)16-43-31-3-1-2-27(39-31)23-12-25(34)21(9-26(23)35)11-30-38-28-7-6-19(32(41)42)10-29(28)40(30)15-22-14-37-17-44-22/h1-10,12,14,17H,11,15-16H2,(H,41,42). The Morgan fingerprint density at radius 2 is 1.82 bits per heavy atom. The predicted molar refractivity (Wildman–Crippen MR) is 156 cm³/mol. The minimum absolute atomic E-state index is 0.0502. The zero-order chi connectivity index (χ0) is 30.8. The fourth-order valence-electron chi connectivity index (χ4n) is 4.71. The fourth-order valence-corrected chi connectivity index (χ4v) is 5.30. The molecule has 0 amide bonds. The molecule has 0 aliphatic carbocycles. The van der Waals surface area contributed by atoms with Crippen molar-refractivity contribution in [2.24, 2.45) is 0 Å². The molecule has 3 aromatic carbocycles. The Kier molecular flexibility index (Phi) is 7.78. The number of rotatable bonds is 9. The number of hydrogen-bond acceptors (Lipinski definition) is 7. The number of nitrogens with zero attached hydrogens (tertiary/aromatic N) is 5. The van der Waals surface area contributed by atoms with Crippen LogP contribution in [0, 0.1) is 28.8 Å². The van der Waals surface area contributed by atoms with Gasteiger partial charge in [-0.3, -0.25) is 4.98 Å². The lowest BCUT2D eigenvalue weighted by Gasteiger charge is -2.12. The Hall–Kier alpha value is -5.54. The molecule has 6 rings (SSSR count). The van der Waals surface area contributed by atoms with Crippen molar-refractivity contribution >= 4 is 28.3 Å². The van der Waals surface area contributed by atoms with E-state index in [4.69, 9.17) is 10.00 Å². The lowest BCUT2D eigenvalue weighted by atomic mass is 10.0. The number of carboxylic acid groups (broad SMARTS) is 1. The van der Waals surface area contributed by atoms with Crippen LogP contribution in [0.4, 0.5) is 13.2 Å². The molecule has 0 saturated carbocycles. The lowest BCUT2D eigenvalue weighted by Crippen LogP contribution is -2.07. The molecule has 0 saturated heterocycles. The number of fused-ring (bicyclic) bond motifs is 1. The van der Waals surface area contributed by atoms with Gasteiger partial charge in [-0.1, -0.05) is 12.1 Å². The molecule has 6 aromatic rings. The van der Waals surface area contributed by atoms with Gasteiger partial charge < -0.3 is 14.4 Å². The summed E-state index contributed by atoms with van der Waals surface area (Å²) in [5.74, 6) is -2.60. The molecule has 0 unspecified atom stereocenters. The van der Waals surface area contributed by atoms with Gasteiger partial charge in [-0.15, -0.1) is 11.3 Å². The number of aromatic nitrogens is 4. The first-order valence-corrected chi connectivity index (χ1v) is 14.0. The quantitative estimate of drug-likeness (QED) is 0.192. The molecule has 218 valence electrons. The SMILES string of the molecule is N#Cc1ccc(COc2cccc(-c3cc(F)c(Cc4nc5ccc(C(=O)O)cc5n4Cc4cncs4)cc3F)n2)c(F)c1. The third-order valence-corrected chi connectivity index (χ3v) is 7.68. The maximum atomic E-state index is 15.5. The van der Waals surface area contributed by atoms with E-state index in [1.807, 2.05) is 6.07 Å². The number of benzene rings is 3. The second kappa shape index (κ2) is 12.0. The zero-order valence-corrected chi connectivity index (χ0v) is 23.5. The van der Waals surface area contributed by atoms with Gasteiger partial charge >= 0.3 is 5.97 Å². The normalized spacial score (nSPS) is 11.0. The minimum atomic E-state index is -1.09. The molecular weight excluding hydrogens is 591 g/mol. The van der Waals surface area contributed by atoms with Gasteiger partial charge in [0.1, 0.15) is 29.9 Å². The highest BCUT2D eigenvalue weighted by Crippen LogP contribution is 2.29. The van der Waals surface area contributed by atoms with Gasteiger partial charge in [0.05, 0.1) is 46.0 Å². The van der Waals surface area contributed by atoms with Gasteiger partial charge in [0.25, 0.3) is 0 Å². The summed E-state index contributed by atoms with van der Waals surface area (Å²) < 4.78 is 52.5. The molecule has 0 radical (unpaired) electrons. The van der Waals surface area contributed by atoms with Crippen LogP contribution in [0.3, 0.4) is 0 Å². The summed E-state index contributed by atoms with van der Waals surface area (Å²) in [7, 11) is 0. The number of carboxylic acids is 1. The Morgan fingerprint density at radius 1 is 0.977 bits per heavy atom. The van der Waals surface area contributed by atoms with E-state index in [0.29, 0.717) is 23.4 Å². The van der Waals surface area contributed by atoms with Gasteiger partial charge in [-0.2, -0.15) is 5.26 Å². The second-order valence-electron chi connectivity index (χ2n) is 9.76.